The topological polar surface area (TPSA) is 68.5 Å². The lowest BCUT2D eigenvalue weighted by Crippen LogP contribution is -2.43. The molecule has 2 aromatic heterocycles. The first kappa shape index (κ1) is 15.5. The Morgan fingerprint density at radius 3 is 2.96 bits per heavy atom. The quantitative estimate of drug-likeness (QED) is 0.871. The van der Waals surface area contributed by atoms with Crippen molar-refractivity contribution in [3.63, 3.8) is 0 Å². The minimum absolute atomic E-state index is 0.0482. The molecule has 3 heterocycles. The van der Waals surface area contributed by atoms with E-state index in [1.165, 1.54) is 0 Å². The molecule has 1 amide bonds. The van der Waals surface area contributed by atoms with E-state index in [9.17, 15) is 4.79 Å². The number of carbonyl (C=O) groups is 1. The molecule has 2 aromatic rings. The van der Waals surface area contributed by atoms with Crippen LogP contribution in [0.3, 0.4) is 0 Å². The van der Waals surface area contributed by atoms with Crippen LogP contribution in [0.4, 0.5) is 5.69 Å². The predicted molar refractivity (Wildman–Crippen MR) is 85.7 cm³/mol. The molecule has 2 atom stereocenters. The van der Waals surface area contributed by atoms with Crippen molar-refractivity contribution in [1.29, 1.82) is 0 Å². The minimum Gasteiger partial charge on any atom is -0.471 e. The molecule has 3 rings (SSSR count). The van der Waals surface area contributed by atoms with Crippen LogP contribution in [0.1, 0.15) is 43.2 Å². The summed E-state index contributed by atoms with van der Waals surface area (Å²) in [6.07, 6.45) is 1.99. The minimum atomic E-state index is -0.0734. The smallest absolute Gasteiger partial charge is 0.238 e. The van der Waals surface area contributed by atoms with Crippen molar-refractivity contribution in [2.45, 2.75) is 46.1 Å². The fourth-order valence-electron chi connectivity index (χ4n) is 3.17. The van der Waals surface area contributed by atoms with Crippen LogP contribution in [0.5, 0.6) is 5.88 Å². The molecule has 0 aliphatic carbocycles. The third kappa shape index (κ3) is 2.93. The molecule has 0 radical (unpaired) electrons. The Bertz CT molecular complexity index is 706. The third-order valence-corrected chi connectivity index (χ3v) is 4.16. The first-order valence-electron chi connectivity index (χ1n) is 7.82. The average Bonchev–Trinajstić information content (AvgIpc) is 2.85. The maximum Gasteiger partial charge on any atom is 0.238 e. The third-order valence-electron chi connectivity index (χ3n) is 4.16. The summed E-state index contributed by atoms with van der Waals surface area (Å²) >= 11 is 0. The Kier molecular flexibility index (Phi) is 4.07. The highest BCUT2D eigenvalue weighted by molar-refractivity contribution is 5.95. The van der Waals surface area contributed by atoms with Gasteiger partial charge < -0.3 is 14.2 Å². The van der Waals surface area contributed by atoms with E-state index in [0.717, 1.165) is 22.7 Å². The van der Waals surface area contributed by atoms with Gasteiger partial charge in [0, 0.05) is 18.2 Å². The van der Waals surface area contributed by atoms with Crippen molar-refractivity contribution in [1.82, 2.24) is 10.1 Å². The van der Waals surface area contributed by atoms with E-state index in [-0.39, 0.29) is 17.9 Å². The van der Waals surface area contributed by atoms with Gasteiger partial charge in [-0.1, -0.05) is 12.1 Å². The Morgan fingerprint density at radius 2 is 2.26 bits per heavy atom. The number of fused-ring (bicyclic) bond motifs is 1. The second kappa shape index (κ2) is 6.02. The summed E-state index contributed by atoms with van der Waals surface area (Å²) < 4.78 is 10.9. The Morgan fingerprint density at radius 1 is 1.48 bits per heavy atom. The zero-order valence-corrected chi connectivity index (χ0v) is 13.9. The van der Waals surface area contributed by atoms with Gasteiger partial charge in [0.25, 0.3) is 0 Å². The summed E-state index contributed by atoms with van der Waals surface area (Å²) in [6, 6.07) is 3.68. The van der Waals surface area contributed by atoms with Gasteiger partial charge in [0.15, 0.2) is 0 Å². The molecular formula is C17H21N3O3. The zero-order chi connectivity index (χ0) is 16.6. The van der Waals surface area contributed by atoms with E-state index >= 15 is 0 Å². The molecule has 6 heteroatoms. The van der Waals surface area contributed by atoms with Crippen LogP contribution in [0.25, 0.3) is 0 Å². The van der Waals surface area contributed by atoms with Crippen LogP contribution in [-0.2, 0) is 4.79 Å². The summed E-state index contributed by atoms with van der Waals surface area (Å²) in [5, 5.41) is 3.98. The molecular weight excluding hydrogens is 294 g/mol. The predicted octanol–water partition coefficient (Wildman–Crippen LogP) is 2.99. The number of carbonyl (C=O) groups excluding carboxylic acids is 1. The van der Waals surface area contributed by atoms with Crippen LogP contribution < -0.4 is 9.64 Å². The number of anilines is 1. The van der Waals surface area contributed by atoms with Gasteiger partial charge in [-0.25, -0.2) is 4.98 Å². The number of hydrogen-bond donors (Lipinski definition) is 0. The SMILES string of the molecule is Cc1noc(C)c1[C@@H](C)CC(=O)N1C[C@@H](C)Oc2ncccc21. The van der Waals surface area contributed by atoms with Gasteiger partial charge in [-0.05, 0) is 38.8 Å². The summed E-state index contributed by atoms with van der Waals surface area (Å²) in [7, 11) is 0. The van der Waals surface area contributed by atoms with Crippen LogP contribution >= 0.6 is 0 Å². The highest BCUT2D eigenvalue weighted by atomic mass is 16.5. The van der Waals surface area contributed by atoms with Crippen molar-refractivity contribution in [2.75, 3.05) is 11.4 Å². The molecule has 1 aliphatic heterocycles. The van der Waals surface area contributed by atoms with E-state index in [2.05, 4.69) is 10.1 Å². The van der Waals surface area contributed by atoms with E-state index in [0.29, 0.717) is 18.8 Å². The van der Waals surface area contributed by atoms with Gasteiger partial charge in [0.2, 0.25) is 11.8 Å². The fourth-order valence-corrected chi connectivity index (χ4v) is 3.17. The fraction of sp³-hybridized carbons (Fsp3) is 0.471. The zero-order valence-electron chi connectivity index (χ0n) is 13.9. The van der Waals surface area contributed by atoms with E-state index < -0.39 is 0 Å². The van der Waals surface area contributed by atoms with Crippen molar-refractivity contribution in [3.8, 4) is 5.88 Å². The Balaban J connectivity index is 1.81. The number of aryl methyl sites for hydroxylation is 2. The summed E-state index contributed by atoms with van der Waals surface area (Å²) in [5.41, 5.74) is 2.60. The van der Waals surface area contributed by atoms with E-state index in [4.69, 9.17) is 9.26 Å². The maximum atomic E-state index is 12.8. The number of pyridine rings is 1. The van der Waals surface area contributed by atoms with Gasteiger partial charge in [-0.2, -0.15) is 0 Å². The lowest BCUT2D eigenvalue weighted by Gasteiger charge is -2.33. The Labute approximate surface area is 135 Å². The Hall–Kier alpha value is -2.37. The van der Waals surface area contributed by atoms with Crippen molar-refractivity contribution < 1.29 is 14.1 Å². The molecule has 0 saturated heterocycles. The number of aromatic nitrogens is 2. The van der Waals surface area contributed by atoms with Gasteiger partial charge in [0.1, 0.15) is 17.6 Å². The molecule has 0 fully saturated rings. The normalized spacial score (nSPS) is 18.3. The highest BCUT2D eigenvalue weighted by Crippen LogP contribution is 2.33. The molecule has 6 nitrogen and oxygen atoms in total. The average molecular weight is 315 g/mol. The summed E-state index contributed by atoms with van der Waals surface area (Å²) in [5.74, 6) is 1.40. The van der Waals surface area contributed by atoms with Gasteiger partial charge >= 0.3 is 0 Å². The second-order valence-corrected chi connectivity index (χ2v) is 6.10. The number of amides is 1. The number of hydrogen-bond acceptors (Lipinski definition) is 5. The van der Waals surface area contributed by atoms with E-state index in [1.54, 1.807) is 11.1 Å². The van der Waals surface area contributed by atoms with Crippen molar-refractivity contribution >= 4 is 11.6 Å². The molecule has 0 saturated carbocycles. The highest BCUT2D eigenvalue weighted by Gasteiger charge is 2.30. The van der Waals surface area contributed by atoms with Gasteiger partial charge in [-0.15, -0.1) is 0 Å². The standard InChI is InChI=1S/C17H21N3O3/c1-10(16-12(3)19-23-13(16)4)8-15(21)20-9-11(2)22-17-14(20)6-5-7-18-17/h5-7,10-11H,8-9H2,1-4H3/t10-,11+/m0/s1. The van der Waals surface area contributed by atoms with Crippen LogP contribution in [0, 0.1) is 13.8 Å². The molecule has 122 valence electrons. The first-order valence-corrected chi connectivity index (χ1v) is 7.82. The van der Waals surface area contributed by atoms with Crippen LogP contribution in [0.2, 0.25) is 0 Å². The van der Waals surface area contributed by atoms with Crippen LogP contribution in [-0.4, -0.2) is 28.7 Å². The van der Waals surface area contributed by atoms with Gasteiger partial charge in [0.05, 0.1) is 12.2 Å². The number of ether oxygens (including phenoxy) is 1. The largest absolute Gasteiger partial charge is 0.471 e. The lowest BCUT2D eigenvalue weighted by atomic mass is 9.95. The number of rotatable bonds is 3. The van der Waals surface area contributed by atoms with Gasteiger partial charge in [-0.3, -0.25) is 4.79 Å². The summed E-state index contributed by atoms with van der Waals surface area (Å²) in [4.78, 5) is 18.8. The molecule has 0 bridgehead atoms. The molecule has 0 aromatic carbocycles. The molecule has 1 aliphatic rings. The van der Waals surface area contributed by atoms with Crippen molar-refractivity contribution in [3.05, 3.63) is 35.3 Å². The lowest BCUT2D eigenvalue weighted by molar-refractivity contribution is -0.119. The molecule has 23 heavy (non-hydrogen) atoms. The van der Waals surface area contributed by atoms with E-state index in [1.807, 2.05) is 39.8 Å². The summed E-state index contributed by atoms with van der Waals surface area (Å²) in [6.45, 7) is 8.29. The first-order chi connectivity index (χ1) is 11.0. The molecule has 0 spiro atoms. The molecule has 0 unspecified atom stereocenters. The van der Waals surface area contributed by atoms with Crippen LogP contribution in [0.15, 0.2) is 22.9 Å². The second-order valence-electron chi connectivity index (χ2n) is 6.10. The van der Waals surface area contributed by atoms with Crippen molar-refractivity contribution in [2.24, 2.45) is 0 Å². The number of nitrogens with zero attached hydrogens (tertiary/aromatic N) is 3. The maximum absolute atomic E-state index is 12.8. The molecule has 0 N–H and O–H groups in total. The monoisotopic (exact) mass is 315 g/mol.